The van der Waals surface area contributed by atoms with Crippen LogP contribution >= 0.6 is 0 Å². The van der Waals surface area contributed by atoms with Gasteiger partial charge in [-0.15, -0.1) is 0 Å². The number of nitrogens with one attached hydrogen (secondary N) is 1. The van der Waals surface area contributed by atoms with Gasteiger partial charge in [-0.1, -0.05) is 24.3 Å². The molecule has 1 amide bonds. The highest BCUT2D eigenvalue weighted by molar-refractivity contribution is 5.93. The third kappa shape index (κ3) is 3.55. The molecule has 5 nitrogen and oxygen atoms in total. The molecular formula is C21H27N3O2. The highest BCUT2D eigenvalue weighted by Gasteiger charge is 2.26. The van der Waals surface area contributed by atoms with Gasteiger partial charge >= 0.3 is 0 Å². The molecular weight excluding hydrogens is 326 g/mol. The van der Waals surface area contributed by atoms with E-state index in [0.29, 0.717) is 13.1 Å². The molecule has 1 N–H and O–H groups in total. The Morgan fingerprint density at radius 3 is 2.73 bits per heavy atom. The monoisotopic (exact) mass is 353 g/mol. The Morgan fingerprint density at radius 1 is 1.23 bits per heavy atom. The van der Waals surface area contributed by atoms with Gasteiger partial charge in [-0.2, -0.15) is 0 Å². The van der Waals surface area contributed by atoms with E-state index in [0.717, 1.165) is 31.6 Å². The topological polar surface area (TPSA) is 48.6 Å². The van der Waals surface area contributed by atoms with E-state index < -0.39 is 0 Å². The van der Waals surface area contributed by atoms with Crippen molar-refractivity contribution in [3.8, 4) is 0 Å². The number of para-hydroxylation sites is 1. The summed E-state index contributed by atoms with van der Waals surface area (Å²) in [7, 11) is 0. The number of amides is 1. The smallest absolute Gasteiger partial charge is 0.237 e. The number of hydrogen-bond donors (Lipinski definition) is 1. The predicted molar refractivity (Wildman–Crippen MR) is 104 cm³/mol. The second-order valence-electron chi connectivity index (χ2n) is 7.52. The van der Waals surface area contributed by atoms with Crippen molar-refractivity contribution in [3.05, 3.63) is 42.1 Å². The van der Waals surface area contributed by atoms with Gasteiger partial charge in [0.1, 0.15) is 0 Å². The molecule has 0 radical (unpaired) electrons. The number of carbonyl (C=O) groups is 1. The van der Waals surface area contributed by atoms with Crippen LogP contribution in [0.15, 0.2) is 36.5 Å². The molecule has 0 aliphatic carbocycles. The molecule has 1 aromatic heterocycles. The van der Waals surface area contributed by atoms with Crippen LogP contribution in [-0.2, 0) is 9.53 Å². The lowest BCUT2D eigenvalue weighted by atomic mass is 9.99. The van der Waals surface area contributed by atoms with Gasteiger partial charge in [-0.25, -0.2) is 0 Å². The van der Waals surface area contributed by atoms with Gasteiger partial charge in [0.2, 0.25) is 5.91 Å². The molecule has 3 heterocycles. The summed E-state index contributed by atoms with van der Waals surface area (Å²) in [5.41, 5.74) is 3.76. The molecule has 138 valence electrons. The number of benzene rings is 1. The summed E-state index contributed by atoms with van der Waals surface area (Å²) < 4.78 is 5.75. The average molecular weight is 353 g/mol. The molecule has 26 heavy (non-hydrogen) atoms. The van der Waals surface area contributed by atoms with E-state index >= 15 is 0 Å². The minimum atomic E-state index is 0.196. The summed E-state index contributed by atoms with van der Waals surface area (Å²) in [5.74, 6) is 0.223. The number of fused-ring (bicyclic) bond motifs is 1. The van der Waals surface area contributed by atoms with E-state index in [1.807, 2.05) is 11.0 Å². The van der Waals surface area contributed by atoms with E-state index in [9.17, 15) is 4.79 Å². The number of rotatable bonds is 3. The van der Waals surface area contributed by atoms with Crippen LogP contribution in [0.3, 0.4) is 0 Å². The zero-order valence-corrected chi connectivity index (χ0v) is 15.6. The maximum absolute atomic E-state index is 12.7. The van der Waals surface area contributed by atoms with Gasteiger partial charge in [0.25, 0.3) is 0 Å². The Kier molecular flexibility index (Phi) is 4.83. The van der Waals surface area contributed by atoms with Crippen molar-refractivity contribution in [1.29, 1.82) is 0 Å². The third-order valence-electron chi connectivity index (χ3n) is 5.35. The van der Waals surface area contributed by atoms with Gasteiger partial charge < -0.3 is 14.6 Å². The quantitative estimate of drug-likeness (QED) is 0.923. The van der Waals surface area contributed by atoms with E-state index in [1.54, 1.807) is 0 Å². The summed E-state index contributed by atoms with van der Waals surface area (Å²) >= 11 is 0. The molecule has 1 fully saturated rings. The minimum Gasteiger partial charge on any atom is -0.373 e. The summed E-state index contributed by atoms with van der Waals surface area (Å²) in [5, 5.41) is 1.26. The van der Waals surface area contributed by atoms with E-state index in [1.165, 1.54) is 16.5 Å². The first kappa shape index (κ1) is 17.3. The molecule has 1 saturated heterocycles. The highest BCUT2D eigenvalue weighted by Crippen LogP contribution is 2.29. The zero-order chi connectivity index (χ0) is 18.1. The largest absolute Gasteiger partial charge is 0.373 e. The summed E-state index contributed by atoms with van der Waals surface area (Å²) in [6, 6.07) is 8.37. The molecule has 0 bridgehead atoms. The van der Waals surface area contributed by atoms with Crippen molar-refractivity contribution < 1.29 is 9.53 Å². The van der Waals surface area contributed by atoms with Crippen LogP contribution < -0.4 is 0 Å². The lowest BCUT2D eigenvalue weighted by Crippen LogP contribution is -2.50. The van der Waals surface area contributed by atoms with E-state index in [2.05, 4.69) is 54.2 Å². The fourth-order valence-corrected chi connectivity index (χ4v) is 4.18. The molecule has 2 aliphatic heterocycles. The number of H-pyrrole nitrogens is 1. The van der Waals surface area contributed by atoms with Crippen molar-refractivity contribution in [1.82, 2.24) is 14.8 Å². The average Bonchev–Trinajstić information content (AvgIpc) is 3.05. The van der Waals surface area contributed by atoms with Crippen LogP contribution in [0.2, 0.25) is 0 Å². The van der Waals surface area contributed by atoms with Crippen molar-refractivity contribution >= 4 is 22.4 Å². The van der Waals surface area contributed by atoms with Crippen molar-refractivity contribution in [2.24, 2.45) is 0 Å². The lowest BCUT2D eigenvalue weighted by Gasteiger charge is -2.36. The normalized spacial score (nSPS) is 24.7. The van der Waals surface area contributed by atoms with Crippen molar-refractivity contribution in [3.63, 3.8) is 0 Å². The SMILES string of the molecule is C[C@@H]1CN(CC(=O)N2CC=C(c3c[nH]c4ccccc34)CC2)C[C@@H](C)O1. The summed E-state index contributed by atoms with van der Waals surface area (Å²) in [6.45, 7) is 7.80. The molecule has 0 saturated carbocycles. The maximum Gasteiger partial charge on any atom is 0.237 e. The van der Waals surface area contributed by atoms with Crippen molar-refractivity contribution in [2.75, 3.05) is 32.7 Å². The standard InChI is InChI=1S/C21H27N3O2/c1-15-12-23(13-16(2)26-15)14-21(25)24-9-7-17(8-10-24)19-11-22-20-6-4-3-5-18(19)20/h3-7,11,15-16,22H,8-10,12-14H2,1-2H3/t15-,16-/m1/s1. The Bertz CT molecular complexity index is 816. The van der Waals surface area contributed by atoms with Gasteiger partial charge in [0.05, 0.1) is 18.8 Å². The molecule has 2 aromatic rings. The Balaban J connectivity index is 1.40. The maximum atomic E-state index is 12.7. The van der Waals surface area contributed by atoms with Gasteiger partial charge in [-0.05, 0) is 31.9 Å². The predicted octanol–water partition coefficient (Wildman–Crippen LogP) is 2.89. The summed E-state index contributed by atoms with van der Waals surface area (Å²) in [6.07, 6.45) is 5.60. The molecule has 5 heteroatoms. The molecule has 0 unspecified atom stereocenters. The second-order valence-corrected chi connectivity index (χ2v) is 7.52. The van der Waals surface area contributed by atoms with Crippen LogP contribution in [0.25, 0.3) is 16.5 Å². The lowest BCUT2D eigenvalue weighted by molar-refractivity contribution is -0.135. The summed E-state index contributed by atoms with van der Waals surface area (Å²) in [4.78, 5) is 20.2. The van der Waals surface area contributed by atoms with Crippen LogP contribution in [-0.4, -0.2) is 65.6 Å². The fourth-order valence-electron chi connectivity index (χ4n) is 4.18. The number of hydrogen-bond acceptors (Lipinski definition) is 3. The third-order valence-corrected chi connectivity index (χ3v) is 5.35. The number of nitrogens with zero attached hydrogens (tertiary/aromatic N) is 2. The van der Waals surface area contributed by atoms with Crippen molar-refractivity contribution in [2.45, 2.75) is 32.5 Å². The number of carbonyl (C=O) groups excluding carboxylic acids is 1. The van der Waals surface area contributed by atoms with Crippen LogP contribution in [0.5, 0.6) is 0 Å². The van der Waals surface area contributed by atoms with E-state index in [4.69, 9.17) is 4.74 Å². The molecule has 2 atom stereocenters. The molecule has 2 aliphatic rings. The minimum absolute atomic E-state index is 0.196. The van der Waals surface area contributed by atoms with E-state index in [-0.39, 0.29) is 18.1 Å². The zero-order valence-electron chi connectivity index (χ0n) is 15.6. The first-order chi connectivity index (χ1) is 12.6. The first-order valence-corrected chi connectivity index (χ1v) is 9.51. The number of aromatic amines is 1. The Morgan fingerprint density at radius 2 is 2.00 bits per heavy atom. The molecule has 0 spiro atoms. The molecule has 4 rings (SSSR count). The van der Waals surface area contributed by atoms with Gasteiger partial charge in [0, 0.05) is 48.8 Å². The second kappa shape index (κ2) is 7.25. The Labute approximate surface area is 154 Å². The Hall–Kier alpha value is -2.11. The number of aromatic nitrogens is 1. The van der Waals surface area contributed by atoms with Crippen LogP contribution in [0.4, 0.5) is 0 Å². The van der Waals surface area contributed by atoms with Gasteiger partial charge in [-0.3, -0.25) is 9.69 Å². The fraction of sp³-hybridized carbons (Fsp3) is 0.476. The first-order valence-electron chi connectivity index (χ1n) is 9.51. The number of morpholine rings is 1. The van der Waals surface area contributed by atoms with Crippen LogP contribution in [0.1, 0.15) is 25.8 Å². The number of ether oxygens (including phenoxy) is 1. The molecule has 1 aromatic carbocycles. The van der Waals surface area contributed by atoms with Gasteiger partial charge in [0.15, 0.2) is 0 Å². The van der Waals surface area contributed by atoms with Crippen LogP contribution in [0, 0.1) is 0 Å². The highest BCUT2D eigenvalue weighted by atomic mass is 16.5.